The first-order valence-corrected chi connectivity index (χ1v) is 7.59. The average molecular weight is 325 g/mol. The number of carbonyl (C=O) groups is 1. The Morgan fingerprint density at radius 1 is 1.24 bits per heavy atom. The molecule has 2 rings (SSSR count). The molecule has 0 saturated heterocycles. The standard InChI is InChI=1S/C16H18Cl2N2O/c1-11(8-9-12-5-4-10-20(12)2)19-16(21)15-13(17)6-3-7-14(15)18/h3-7,10-11H,8-9H2,1-2H3,(H,19,21). The van der Waals surface area contributed by atoms with E-state index in [1.165, 1.54) is 5.69 Å². The van der Waals surface area contributed by atoms with E-state index in [1.54, 1.807) is 18.2 Å². The fourth-order valence-electron chi connectivity index (χ4n) is 2.20. The van der Waals surface area contributed by atoms with Crippen LogP contribution in [-0.2, 0) is 13.5 Å². The van der Waals surface area contributed by atoms with Gasteiger partial charge in [-0.05, 0) is 44.0 Å². The van der Waals surface area contributed by atoms with E-state index in [1.807, 2.05) is 26.2 Å². The molecule has 1 unspecified atom stereocenters. The third-order valence-corrected chi connectivity index (χ3v) is 4.08. The summed E-state index contributed by atoms with van der Waals surface area (Å²) in [5.74, 6) is -0.231. The molecule has 0 fully saturated rings. The largest absolute Gasteiger partial charge is 0.354 e. The summed E-state index contributed by atoms with van der Waals surface area (Å²) in [6.07, 6.45) is 3.77. The van der Waals surface area contributed by atoms with Crippen LogP contribution in [0, 0.1) is 0 Å². The smallest absolute Gasteiger partial charge is 0.254 e. The van der Waals surface area contributed by atoms with Crippen molar-refractivity contribution in [1.29, 1.82) is 0 Å². The van der Waals surface area contributed by atoms with Gasteiger partial charge in [0.15, 0.2) is 0 Å². The van der Waals surface area contributed by atoms with Gasteiger partial charge in [0.2, 0.25) is 0 Å². The predicted octanol–water partition coefficient (Wildman–Crippen LogP) is 4.08. The Balaban J connectivity index is 1.95. The number of nitrogens with one attached hydrogen (secondary N) is 1. The van der Waals surface area contributed by atoms with Crippen LogP contribution in [0.5, 0.6) is 0 Å². The van der Waals surface area contributed by atoms with Crippen LogP contribution < -0.4 is 5.32 Å². The predicted molar refractivity (Wildman–Crippen MR) is 87.1 cm³/mol. The van der Waals surface area contributed by atoms with E-state index in [0.717, 1.165) is 12.8 Å². The van der Waals surface area contributed by atoms with Gasteiger partial charge in [0, 0.05) is 25.0 Å². The number of aryl methyl sites for hydroxylation is 2. The van der Waals surface area contributed by atoms with Gasteiger partial charge >= 0.3 is 0 Å². The Morgan fingerprint density at radius 2 is 1.90 bits per heavy atom. The van der Waals surface area contributed by atoms with Gasteiger partial charge in [-0.25, -0.2) is 0 Å². The number of hydrogen-bond acceptors (Lipinski definition) is 1. The van der Waals surface area contributed by atoms with Crippen LogP contribution in [0.15, 0.2) is 36.5 Å². The first-order valence-electron chi connectivity index (χ1n) is 6.84. The normalized spacial score (nSPS) is 12.2. The summed E-state index contributed by atoms with van der Waals surface area (Å²) in [5.41, 5.74) is 1.58. The Labute approximate surface area is 134 Å². The number of rotatable bonds is 5. The molecule has 112 valence electrons. The van der Waals surface area contributed by atoms with Crippen molar-refractivity contribution in [2.75, 3.05) is 0 Å². The molecule has 0 bridgehead atoms. The molecule has 0 aliphatic carbocycles. The van der Waals surface area contributed by atoms with E-state index in [2.05, 4.69) is 16.0 Å². The van der Waals surface area contributed by atoms with E-state index in [9.17, 15) is 4.79 Å². The van der Waals surface area contributed by atoms with Gasteiger partial charge in [0.05, 0.1) is 15.6 Å². The van der Waals surface area contributed by atoms with Crippen molar-refractivity contribution in [3.05, 3.63) is 57.8 Å². The van der Waals surface area contributed by atoms with Gasteiger partial charge in [0.25, 0.3) is 5.91 Å². The number of amides is 1. The number of nitrogens with zero attached hydrogens (tertiary/aromatic N) is 1. The molecule has 0 saturated carbocycles. The van der Waals surface area contributed by atoms with Crippen LogP contribution in [-0.4, -0.2) is 16.5 Å². The summed E-state index contributed by atoms with van der Waals surface area (Å²) >= 11 is 12.1. The third kappa shape index (κ3) is 4.02. The van der Waals surface area contributed by atoms with Crippen LogP contribution in [0.4, 0.5) is 0 Å². The lowest BCUT2D eigenvalue weighted by Crippen LogP contribution is -2.33. The van der Waals surface area contributed by atoms with Crippen LogP contribution in [0.3, 0.4) is 0 Å². The minimum Gasteiger partial charge on any atom is -0.354 e. The van der Waals surface area contributed by atoms with E-state index in [0.29, 0.717) is 15.6 Å². The van der Waals surface area contributed by atoms with Gasteiger partial charge in [-0.2, -0.15) is 0 Å². The van der Waals surface area contributed by atoms with Gasteiger partial charge in [-0.1, -0.05) is 29.3 Å². The molecule has 1 amide bonds. The third-order valence-electron chi connectivity index (χ3n) is 3.45. The van der Waals surface area contributed by atoms with Crippen molar-refractivity contribution in [2.24, 2.45) is 7.05 Å². The number of aromatic nitrogens is 1. The average Bonchev–Trinajstić information content (AvgIpc) is 2.81. The zero-order valence-electron chi connectivity index (χ0n) is 12.1. The molecular formula is C16H18Cl2N2O. The maximum atomic E-state index is 12.2. The highest BCUT2D eigenvalue weighted by Gasteiger charge is 2.16. The summed E-state index contributed by atoms with van der Waals surface area (Å²) in [4.78, 5) is 12.2. The van der Waals surface area contributed by atoms with E-state index in [4.69, 9.17) is 23.2 Å². The van der Waals surface area contributed by atoms with Gasteiger partial charge in [-0.3, -0.25) is 4.79 Å². The van der Waals surface area contributed by atoms with Gasteiger partial charge in [0.1, 0.15) is 0 Å². The molecule has 0 spiro atoms. The highest BCUT2D eigenvalue weighted by atomic mass is 35.5. The van der Waals surface area contributed by atoms with Crippen molar-refractivity contribution in [1.82, 2.24) is 9.88 Å². The number of halogens is 2. The fraction of sp³-hybridized carbons (Fsp3) is 0.312. The molecule has 21 heavy (non-hydrogen) atoms. The molecule has 1 N–H and O–H groups in total. The van der Waals surface area contributed by atoms with Crippen LogP contribution >= 0.6 is 23.2 Å². The number of hydrogen-bond donors (Lipinski definition) is 1. The molecule has 0 aliphatic heterocycles. The second kappa shape index (κ2) is 7.01. The van der Waals surface area contributed by atoms with E-state index >= 15 is 0 Å². The lowest BCUT2D eigenvalue weighted by molar-refractivity contribution is 0.0938. The Hall–Kier alpha value is -1.45. The molecule has 0 aliphatic rings. The van der Waals surface area contributed by atoms with Crippen molar-refractivity contribution in [2.45, 2.75) is 25.8 Å². The van der Waals surface area contributed by atoms with Crippen LogP contribution in [0.25, 0.3) is 0 Å². The maximum absolute atomic E-state index is 12.2. The van der Waals surface area contributed by atoms with E-state index in [-0.39, 0.29) is 11.9 Å². The van der Waals surface area contributed by atoms with Gasteiger partial charge in [-0.15, -0.1) is 0 Å². The lowest BCUT2D eigenvalue weighted by Gasteiger charge is -2.15. The second-order valence-corrected chi connectivity index (χ2v) is 5.93. The number of carbonyl (C=O) groups excluding carboxylic acids is 1. The van der Waals surface area contributed by atoms with Crippen molar-refractivity contribution >= 4 is 29.1 Å². The molecule has 1 aromatic heterocycles. The molecular weight excluding hydrogens is 307 g/mol. The quantitative estimate of drug-likeness (QED) is 0.883. The van der Waals surface area contributed by atoms with Crippen LogP contribution in [0.2, 0.25) is 10.0 Å². The first kappa shape index (κ1) is 15.9. The monoisotopic (exact) mass is 324 g/mol. The minimum absolute atomic E-state index is 0.0414. The highest BCUT2D eigenvalue weighted by molar-refractivity contribution is 6.39. The van der Waals surface area contributed by atoms with Crippen LogP contribution in [0.1, 0.15) is 29.4 Å². The zero-order valence-corrected chi connectivity index (χ0v) is 13.6. The molecule has 1 aromatic carbocycles. The summed E-state index contributed by atoms with van der Waals surface area (Å²) in [6, 6.07) is 9.19. The van der Waals surface area contributed by atoms with Crippen molar-refractivity contribution in [3.8, 4) is 0 Å². The highest BCUT2D eigenvalue weighted by Crippen LogP contribution is 2.24. The molecule has 1 atom stereocenters. The minimum atomic E-state index is -0.231. The summed E-state index contributed by atoms with van der Waals surface area (Å²) in [6.45, 7) is 1.98. The summed E-state index contributed by atoms with van der Waals surface area (Å²) in [7, 11) is 2.02. The second-order valence-electron chi connectivity index (χ2n) is 5.12. The molecule has 3 nitrogen and oxygen atoms in total. The van der Waals surface area contributed by atoms with Crippen molar-refractivity contribution in [3.63, 3.8) is 0 Å². The summed E-state index contributed by atoms with van der Waals surface area (Å²) in [5, 5.41) is 3.68. The molecule has 1 heterocycles. The molecule has 0 radical (unpaired) electrons. The zero-order chi connectivity index (χ0) is 15.4. The van der Waals surface area contributed by atoms with E-state index < -0.39 is 0 Å². The Morgan fingerprint density at radius 3 is 2.48 bits per heavy atom. The fourth-order valence-corrected chi connectivity index (χ4v) is 2.77. The SMILES string of the molecule is CC(CCc1cccn1C)NC(=O)c1c(Cl)cccc1Cl. The topological polar surface area (TPSA) is 34.0 Å². The molecule has 2 aromatic rings. The Kier molecular flexibility index (Phi) is 5.32. The molecule has 5 heteroatoms. The maximum Gasteiger partial charge on any atom is 0.254 e. The Bertz CT molecular complexity index is 617. The summed E-state index contributed by atoms with van der Waals surface area (Å²) < 4.78 is 2.08. The first-order chi connectivity index (χ1) is 9.99. The van der Waals surface area contributed by atoms with Crippen molar-refractivity contribution < 1.29 is 4.79 Å². The lowest BCUT2D eigenvalue weighted by atomic mass is 10.1. The van der Waals surface area contributed by atoms with Gasteiger partial charge < -0.3 is 9.88 Å². The number of benzene rings is 1.